The van der Waals surface area contributed by atoms with E-state index in [4.69, 9.17) is 27.9 Å². The SMILES string of the molecule is Cc1ccc(Oc2cc(F)cc(CCl)c2)c(Cl)c1. The Bertz CT molecular complexity index is 570. The summed E-state index contributed by atoms with van der Waals surface area (Å²) >= 11 is 11.7. The molecule has 0 aromatic heterocycles. The third-order valence-corrected chi connectivity index (χ3v) is 3.00. The van der Waals surface area contributed by atoms with Gasteiger partial charge in [0.15, 0.2) is 0 Å². The van der Waals surface area contributed by atoms with Gasteiger partial charge >= 0.3 is 0 Å². The van der Waals surface area contributed by atoms with E-state index < -0.39 is 0 Å². The van der Waals surface area contributed by atoms with Crippen molar-refractivity contribution in [2.24, 2.45) is 0 Å². The molecule has 2 rings (SSSR count). The quantitative estimate of drug-likeness (QED) is 0.693. The first-order chi connectivity index (χ1) is 8.58. The molecule has 2 aromatic carbocycles. The van der Waals surface area contributed by atoms with Crippen LogP contribution in [0.5, 0.6) is 11.5 Å². The van der Waals surface area contributed by atoms with E-state index in [0.29, 0.717) is 22.1 Å². The van der Waals surface area contributed by atoms with Crippen molar-refractivity contribution in [3.63, 3.8) is 0 Å². The van der Waals surface area contributed by atoms with Gasteiger partial charge in [-0.25, -0.2) is 4.39 Å². The molecule has 0 spiro atoms. The fraction of sp³-hybridized carbons (Fsp3) is 0.143. The lowest BCUT2D eigenvalue weighted by molar-refractivity contribution is 0.476. The zero-order chi connectivity index (χ0) is 13.1. The molecular formula is C14H11Cl2FO. The van der Waals surface area contributed by atoms with Crippen LogP contribution < -0.4 is 4.74 Å². The molecule has 0 atom stereocenters. The maximum atomic E-state index is 13.3. The van der Waals surface area contributed by atoms with Crippen LogP contribution in [0.4, 0.5) is 4.39 Å². The van der Waals surface area contributed by atoms with E-state index in [1.807, 2.05) is 13.0 Å². The summed E-state index contributed by atoms with van der Waals surface area (Å²) in [6, 6.07) is 9.78. The molecule has 94 valence electrons. The molecular weight excluding hydrogens is 274 g/mol. The molecule has 0 bridgehead atoms. The summed E-state index contributed by atoms with van der Waals surface area (Å²) in [6.45, 7) is 1.93. The molecule has 0 radical (unpaired) electrons. The highest BCUT2D eigenvalue weighted by Crippen LogP contribution is 2.31. The van der Waals surface area contributed by atoms with E-state index in [9.17, 15) is 4.39 Å². The molecule has 0 saturated carbocycles. The van der Waals surface area contributed by atoms with Crippen molar-refractivity contribution in [2.75, 3.05) is 0 Å². The molecule has 0 N–H and O–H groups in total. The van der Waals surface area contributed by atoms with Crippen LogP contribution >= 0.6 is 23.2 Å². The second-order valence-corrected chi connectivity index (χ2v) is 4.64. The number of aryl methyl sites for hydroxylation is 1. The van der Waals surface area contributed by atoms with Gasteiger partial charge in [-0.05, 0) is 42.3 Å². The van der Waals surface area contributed by atoms with E-state index in [0.717, 1.165) is 5.56 Å². The van der Waals surface area contributed by atoms with Crippen LogP contribution in [0.2, 0.25) is 5.02 Å². The minimum Gasteiger partial charge on any atom is -0.456 e. The Morgan fingerprint density at radius 1 is 1.17 bits per heavy atom. The number of rotatable bonds is 3. The monoisotopic (exact) mass is 284 g/mol. The second-order valence-electron chi connectivity index (χ2n) is 3.96. The maximum Gasteiger partial charge on any atom is 0.146 e. The van der Waals surface area contributed by atoms with Crippen molar-refractivity contribution >= 4 is 23.2 Å². The zero-order valence-electron chi connectivity index (χ0n) is 9.71. The van der Waals surface area contributed by atoms with Gasteiger partial charge in [0.2, 0.25) is 0 Å². The van der Waals surface area contributed by atoms with Gasteiger partial charge in [0.05, 0.1) is 5.02 Å². The molecule has 0 amide bonds. The highest BCUT2D eigenvalue weighted by molar-refractivity contribution is 6.32. The molecule has 0 saturated heterocycles. The Hall–Kier alpha value is -1.25. The number of halogens is 3. The third-order valence-electron chi connectivity index (χ3n) is 2.40. The molecule has 0 fully saturated rings. The van der Waals surface area contributed by atoms with Crippen molar-refractivity contribution in [1.29, 1.82) is 0 Å². The van der Waals surface area contributed by atoms with E-state index in [1.165, 1.54) is 12.1 Å². The lowest BCUT2D eigenvalue weighted by Crippen LogP contribution is -1.89. The average molecular weight is 285 g/mol. The lowest BCUT2D eigenvalue weighted by Gasteiger charge is -2.09. The van der Waals surface area contributed by atoms with Crippen LogP contribution in [-0.4, -0.2) is 0 Å². The van der Waals surface area contributed by atoms with E-state index in [2.05, 4.69) is 0 Å². The van der Waals surface area contributed by atoms with Gasteiger partial charge in [0.25, 0.3) is 0 Å². The van der Waals surface area contributed by atoms with E-state index in [-0.39, 0.29) is 11.7 Å². The van der Waals surface area contributed by atoms with Gasteiger partial charge in [-0.15, -0.1) is 11.6 Å². The molecule has 2 aromatic rings. The van der Waals surface area contributed by atoms with Crippen LogP contribution in [0.3, 0.4) is 0 Å². The van der Waals surface area contributed by atoms with Crippen LogP contribution in [0.15, 0.2) is 36.4 Å². The highest BCUT2D eigenvalue weighted by atomic mass is 35.5. The average Bonchev–Trinajstić information content (AvgIpc) is 2.32. The largest absolute Gasteiger partial charge is 0.456 e. The van der Waals surface area contributed by atoms with Crippen molar-refractivity contribution in [2.45, 2.75) is 12.8 Å². The van der Waals surface area contributed by atoms with E-state index >= 15 is 0 Å². The predicted octanol–water partition coefficient (Wildman–Crippen LogP) is 5.32. The summed E-state index contributed by atoms with van der Waals surface area (Å²) in [5.74, 6) is 0.728. The van der Waals surface area contributed by atoms with Crippen LogP contribution in [0, 0.1) is 12.7 Å². The molecule has 0 unspecified atom stereocenters. The standard InChI is InChI=1S/C14H11Cl2FO/c1-9-2-3-14(13(16)4-9)18-12-6-10(8-15)5-11(17)7-12/h2-7H,8H2,1H3. The van der Waals surface area contributed by atoms with Gasteiger partial charge in [-0.3, -0.25) is 0 Å². The van der Waals surface area contributed by atoms with Crippen molar-refractivity contribution < 1.29 is 9.13 Å². The fourth-order valence-corrected chi connectivity index (χ4v) is 2.00. The molecule has 1 nitrogen and oxygen atoms in total. The van der Waals surface area contributed by atoms with Crippen LogP contribution in [0.1, 0.15) is 11.1 Å². The second kappa shape index (κ2) is 5.59. The first-order valence-corrected chi connectivity index (χ1v) is 6.29. The van der Waals surface area contributed by atoms with Gasteiger partial charge in [-0.1, -0.05) is 17.7 Å². The third kappa shape index (κ3) is 3.15. The number of hydrogen-bond donors (Lipinski definition) is 0. The van der Waals surface area contributed by atoms with Gasteiger partial charge < -0.3 is 4.74 Å². The summed E-state index contributed by atoms with van der Waals surface area (Å²) in [4.78, 5) is 0. The number of ether oxygens (including phenoxy) is 1. The van der Waals surface area contributed by atoms with Crippen molar-refractivity contribution in [1.82, 2.24) is 0 Å². The van der Waals surface area contributed by atoms with Crippen LogP contribution in [0.25, 0.3) is 0 Å². The zero-order valence-corrected chi connectivity index (χ0v) is 11.2. The van der Waals surface area contributed by atoms with E-state index in [1.54, 1.807) is 18.2 Å². The van der Waals surface area contributed by atoms with Crippen molar-refractivity contribution in [3.05, 3.63) is 58.4 Å². The van der Waals surface area contributed by atoms with Gasteiger partial charge in [0, 0.05) is 11.9 Å². The minimum atomic E-state index is -0.383. The summed E-state index contributed by atoms with van der Waals surface area (Å²) in [6.07, 6.45) is 0. The summed E-state index contributed by atoms with van der Waals surface area (Å²) in [5, 5.41) is 0.492. The predicted molar refractivity (Wildman–Crippen MR) is 72.2 cm³/mol. The Morgan fingerprint density at radius 2 is 1.94 bits per heavy atom. The lowest BCUT2D eigenvalue weighted by atomic mass is 10.2. The Kier molecular flexibility index (Phi) is 4.10. The smallest absolute Gasteiger partial charge is 0.146 e. The summed E-state index contributed by atoms with van der Waals surface area (Å²) in [5.41, 5.74) is 1.70. The number of alkyl halides is 1. The minimum absolute atomic E-state index is 0.232. The maximum absolute atomic E-state index is 13.3. The fourth-order valence-electron chi connectivity index (χ4n) is 1.57. The molecule has 0 aliphatic rings. The number of hydrogen-bond acceptors (Lipinski definition) is 1. The highest BCUT2D eigenvalue weighted by Gasteiger charge is 2.06. The van der Waals surface area contributed by atoms with Gasteiger partial charge in [-0.2, -0.15) is 0 Å². The number of benzene rings is 2. The normalized spacial score (nSPS) is 10.4. The molecule has 18 heavy (non-hydrogen) atoms. The first kappa shape index (κ1) is 13.2. The Morgan fingerprint density at radius 3 is 2.61 bits per heavy atom. The van der Waals surface area contributed by atoms with Crippen molar-refractivity contribution in [3.8, 4) is 11.5 Å². The topological polar surface area (TPSA) is 9.23 Å². The summed E-state index contributed by atoms with van der Waals surface area (Å²) in [7, 11) is 0. The Balaban J connectivity index is 2.30. The molecule has 0 heterocycles. The van der Waals surface area contributed by atoms with Crippen LogP contribution in [-0.2, 0) is 5.88 Å². The van der Waals surface area contributed by atoms with Gasteiger partial charge in [0.1, 0.15) is 17.3 Å². The Labute approximate surface area is 115 Å². The molecule has 4 heteroatoms. The molecule has 0 aliphatic carbocycles. The first-order valence-electron chi connectivity index (χ1n) is 5.38. The molecule has 0 aliphatic heterocycles. The summed E-state index contributed by atoms with van der Waals surface area (Å²) < 4.78 is 18.9.